The predicted octanol–water partition coefficient (Wildman–Crippen LogP) is 4.19. The quantitative estimate of drug-likeness (QED) is 0.628. The Labute approximate surface area is 143 Å². The van der Waals surface area contributed by atoms with Crippen molar-refractivity contribution in [3.63, 3.8) is 0 Å². The highest BCUT2D eigenvalue weighted by molar-refractivity contribution is 6.32. The van der Waals surface area contributed by atoms with Crippen LogP contribution in [0, 0.1) is 10.1 Å². The van der Waals surface area contributed by atoms with E-state index in [1.165, 1.54) is 18.2 Å². The van der Waals surface area contributed by atoms with Gasteiger partial charge >= 0.3 is 6.09 Å². The first kappa shape index (κ1) is 17.5. The number of nitro groups is 1. The van der Waals surface area contributed by atoms with Crippen LogP contribution in [0.15, 0.2) is 54.6 Å². The van der Waals surface area contributed by atoms with Gasteiger partial charge in [0, 0.05) is 12.6 Å². The molecule has 0 aliphatic carbocycles. The molecule has 0 fully saturated rings. The minimum absolute atomic E-state index is 0.0922. The van der Waals surface area contributed by atoms with E-state index in [0.717, 1.165) is 5.56 Å². The number of rotatable bonds is 6. The minimum Gasteiger partial charge on any atom is -0.445 e. The van der Waals surface area contributed by atoms with E-state index < -0.39 is 11.0 Å². The smallest absolute Gasteiger partial charge is 0.407 e. The fourth-order valence-corrected chi connectivity index (χ4v) is 2.18. The Morgan fingerprint density at radius 2 is 1.96 bits per heavy atom. The van der Waals surface area contributed by atoms with E-state index in [1.807, 2.05) is 30.3 Å². The summed E-state index contributed by atoms with van der Waals surface area (Å²) < 4.78 is 5.05. The van der Waals surface area contributed by atoms with Gasteiger partial charge < -0.3 is 10.1 Å². The van der Waals surface area contributed by atoms with E-state index in [2.05, 4.69) is 5.32 Å². The molecule has 1 amide bonds. The summed E-state index contributed by atoms with van der Waals surface area (Å²) in [6.45, 7) is 0.336. The first-order chi connectivity index (χ1) is 11.6. The predicted molar refractivity (Wildman–Crippen MR) is 91.8 cm³/mol. The number of nitrogens with one attached hydrogen (secondary N) is 1. The van der Waals surface area contributed by atoms with E-state index in [-0.39, 0.29) is 23.9 Å². The van der Waals surface area contributed by atoms with Gasteiger partial charge in [0.25, 0.3) is 5.69 Å². The number of nitrogens with zero attached hydrogens (tertiary/aromatic N) is 1. The molecule has 0 aliphatic rings. The fourth-order valence-electron chi connectivity index (χ4n) is 1.94. The fraction of sp³-hybridized carbons (Fsp3) is 0.118. The van der Waals surface area contributed by atoms with Crippen LogP contribution in [0.1, 0.15) is 11.1 Å². The van der Waals surface area contributed by atoms with Gasteiger partial charge in [-0.3, -0.25) is 10.1 Å². The molecule has 6 nitrogen and oxygen atoms in total. The summed E-state index contributed by atoms with van der Waals surface area (Å²) in [5.74, 6) is 0. The van der Waals surface area contributed by atoms with Crippen molar-refractivity contribution in [2.24, 2.45) is 0 Å². The largest absolute Gasteiger partial charge is 0.445 e. The lowest BCUT2D eigenvalue weighted by atomic mass is 10.1. The third-order valence-electron chi connectivity index (χ3n) is 3.09. The highest BCUT2D eigenvalue weighted by Gasteiger charge is 2.13. The Morgan fingerprint density at radius 1 is 1.21 bits per heavy atom. The van der Waals surface area contributed by atoms with Crippen LogP contribution in [0.3, 0.4) is 0 Å². The average molecular weight is 347 g/mol. The van der Waals surface area contributed by atoms with E-state index >= 15 is 0 Å². The van der Waals surface area contributed by atoms with Gasteiger partial charge in [0.2, 0.25) is 0 Å². The number of ether oxygens (including phenoxy) is 1. The number of amides is 1. The molecule has 7 heteroatoms. The Bertz CT molecular complexity index is 748. The lowest BCUT2D eigenvalue weighted by Crippen LogP contribution is -2.24. The molecule has 124 valence electrons. The summed E-state index contributed by atoms with van der Waals surface area (Å²) >= 11 is 5.96. The normalized spacial score (nSPS) is 10.5. The minimum atomic E-state index is -0.572. The molecule has 0 unspecified atom stereocenters. The van der Waals surface area contributed by atoms with Gasteiger partial charge in [-0.1, -0.05) is 54.1 Å². The van der Waals surface area contributed by atoms with E-state index in [0.29, 0.717) is 5.56 Å². The summed E-state index contributed by atoms with van der Waals surface area (Å²) in [4.78, 5) is 22.0. The zero-order valence-electron chi connectivity index (χ0n) is 12.6. The first-order valence-corrected chi connectivity index (χ1v) is 7.49. The number of carbonyl (C=O) groups is 1. The maximum Gasteiger partial charge on any atom is 0.407 e. The van der Waals surface area contributed by atoms with Crippen LogP contribution in [-0.2, 0) is 11.3 Å². The molecule has 2 rings (SSSR count). The molecule has 0 aliphatic heterocycles. The van der Waals surface area contributed by atoms with Crippen LogP contribution in [0.5, 0.6) is 0 Å². The van der Waals surface area contributed by atoms with Crippen LogP contribution >= 0.6 is 11.6 Å². The second kappa shape index (κ2) is 8.69. The molecule has 24 heavy (non-hydrogen) atoms. The van der Waals surface area contributed by atoms with Gasteiger partial charge in [-0.05, 0) is 17.7 Å². The summed E-state index contributed by atoms with van der Waals surface area (Å²) in [6.07, 6.45) is 2.49. The standard InChI is InChI=1S/C17H15ClN2O4/c18-15-9-4-10-16(20(22)23)14(15)8-5-11-19-17(21)24-12-13-6-2-1-3-7-13/h1-10H,11-12H2,(H,19,21). The van der Waals surface area contributed by atoms with Crippen molar-refractivity contribution < 1.29 is 14.5 Å². The maximum absolute atomic E-state index is 11.6. The Kier molecular flexibility index (Phi) is 6.33. The zero-order valence-corrected chi connectivity index (χ0v) is 13.4. The number of hydrogen-bond acceptors (Lipinski definition) is 4. The van der Waals surface area contributed by atoms with Crippen LogP contribution in [-0.4, -0.2) is 17.6 Å². The number of hydrogen-bond donors (Lipinski definition) is 1. The van der Waals surface area contributed by atoms with Crippen molar-refractivity contribution >= 4 is 29.5 Å². The topological polar surface area (TPSA) is 81.5 Å². The number of carbonyl (C=O) groups excluding carboxylic acids is 1. The Hall–Kier alpha value is -2.86. The number of alkyl carbamates (subject to hydrolysis) is 1. The molecule has 0 saturated carbocycles. The van der Waals surface area contributed by atoms with Crippen LogP contribution < -0.4 is 5.32 Å². The van der Waals surface area contributed by atoms with Gasteiger partial charge in [0.15, 0.2) is 0 Å². The highest BCUT2D eigenvalue weighted by atomic mass is 35.5. The molecule has 0 saturated heterocycles. The van der Waals surface area contributed by atoms with Crippen molar-refractivity contribution in [2.45, 2.75) is 6.61 Å². The monoisotopic (exact) mass is 346 g/mol. The zero-order chi connectivity index (χ0) is 17.4. The lowest BCUT2D eigenvalue weighted by molar-refractivity contribution is -0.385. The van der Waals surface area contributed by atoms with E-state index in [1.54, 1.807) is 12.1 Å². The number of nitro benzene ring substituents is 1. The second-order valence-electron chi connectivity index (χ2n) is 4.77. The highest BCUT2D eigenvalue weighted by Crippen LogP contribution is 2.27. The van der Waals surface area contributed by atoms with Gasteiger partial charge in [-0.25, -0.2) is 4.79 Å². The summed E-state index contributed by atoms with van der Waals surface area (Å²) in [5, 5.41) is 13.8. The maximum atomic E-state index is 11.6. The molecule has 2 aromatic rings. The SMILES string of the molecule is O=C(NCC=Cc1c(Cl)cccc1[N+](=O)[O-])OCc1ccccc1. The molecule has 0 spiro atoms. The van der Waals surface area contributed by atoms with Crippen LogP contribution in [0.2, 0.25) is 5.02 Å². The van der Waals surface area contributed by atoms with Crippen molar-refractivity contribution in [1.82, 2.24) is 5.32 Å². The third kappa shape index (κ3) is 5.10. The van der Waals surface area contributed by atoms with E-state index in [9.17, 15) is 14.9 Å². The molecule has 2 aromatic carbocycles. The van der Waals surface area contributed by atoms with Crippen molar-refractivity contribution in [3.8, 4) is 0 Å². The van der Waals surface area contributed by atoms with Crippen molar-refractivity contribution in [1.29, 1.82) is 0 Å². The lowest BCUT2D eigenvalue weighted by Gasteiger charge is -2.05. The van der Waals surface area contributed by atoms with Gasteiger partial charge in [0.05, 0.1) is 15.5 Å². The molecule has 0 radical (unpaired) electrons. The van der Waals surface area contributed by atoms with Crippen molar-refractivity contribution in [3.05, 3.63) is 80.9 Å². The molecular formula is C17H15ClN2O4. The molecular weight excluding hydrogens is 332 g/mol. The summed E-state index contributed by atoms with van der Waals surface area (Å²) in [5.41, 5.74) is 1.09. The van der Waals surface area contributed by atoms with Gasteiger partial charge in [-0.15, -0.1) is 0 Å². The summed E-state index contributed by atoms with van der Waals surface area (Å²) in [7, 11) is 0. The first-order valence-electron chi connectivity index (χ1n) is 7.12. The molecule has 0 atom stereocenters. The molecule has 0 aromatic heterocycles. The Morgan fingerprint density at radius 3 is 2.67 bits per heavy atom. The summed E-state index contributed by atoms with van der Waals surface area (Å²) in [6, 6.07) is 13.7. The second-order valence-corrected chi connectivity index (χ2v) is 5.18. The molecule has 0 bridgehead atoms. The van der Waals surface area contributed by atoms with Crippen LogP contribution in [0.4, 0.5) is 10.5 Å². The third-order valence-corrected chi connectivity index (χ3v) is 3.42. The average Bonchev–Trinajstić information content (AvgIpc) is 2.58. The molecule has 0 heterocycles. The van der Waals surface area contributed by atoms with Gasteiger partial charge in [-0.2, -0.15) is 0 Å². The number of benzene rings is 2. The Balaban J connectivity index is 1.84. The number of halogens is 1. The van der Waals surface area contributed by atoms with E-state index in [4.69, 9.17) is 16.3 Å². The van der Waals surface area contributed by atoms with Crippen LogP contribution in [0.25, 0.3) is 6.08 Å². The van der Waals surface area contributed by atoms with Gasteiger partial charge in [0.1, 0.15) is 6.61 Å². The van der Waals surface area contributed by atoms with Crippen molar-refractivity contribution in [2.75, 3.05) is 6.54 Å². The molecule has 1 N–H and O–H groups in total.